The fourth-order valence-corrected chi connectivity index (χ4v) is 1.22. The van der Waals surface area contributed by atoms with Gasteiger partial charge in [0.2, 0.25) is 0 Å². The van der Waals surface area contributed by atoms with Crippen LogP contribution < -0.4 is 11.1 Å². The second-order valence-corrected chi connectivity index (χ2v) is 3.56. The molecule has 1 rings (SSSR count). The molecule has 0 fully saturated rings. The SMILES string of the molecule is Nc1ncc(F)cc1C(=O)NCCCC(F)(F)F. The molecule has 0 aliphatic heterocycles. The molecule has 0 saturated carbocycles. The van der Waals surface area contributed by atoms with Crippen molar-refractivity contribution in [2.24, 2.45) is 0 Å². The van der Waals surface area contributed by atoms with Crippen LogP contribution in [0, 0.1) is 5.82 Å². The summed E-state index contributed by atoms with van der Waals surface area (Å²) in [6.45, 7) is -0.172. The molecule has 1 aromatic heterocycles. The number of hydrogen-bond acceptors (Lipinski definition) is 3. The molecular weight excluding hydrogens is 254 g/mol. The van der Waals surface area contributed by atoms with E-state index in [1.165, 1.54) is 0 Å². The number of amides is 1. The Morgan fingerprint density at radius 2 is 2.11 bits per heavy atom. The molecule has 8 heteroatoms. The van der Waals surface area contributed by atoms with E-state index in [-0.39, 0.29) is 24.3 Å². The van der Waals surface area contributed by atoms with Gasteiger partial charge in [0.15, 0.2) is 0 Å². The van der Waals surface area contributed by atoms with Crippen LogP contribution in [0.4, 0.5) is 23.4 Å². The molecule has 3 N–H and O–H groups in total. The Morgan fingerprint density at radius 1 is 1.44 bits per heavy atom. The summed E-state index contributed by atoms with van der Waals surface area (Å²) in [6.07, 6.45) is -4.66. The topological polar surface area (TPSA) is 68.0 Å². The molecule has 0 atom stereocenters. The van der Waals surface area contributed by atoms with Gasteiger partial charge in [-0.15, -0.1) is 0 Å². The smallest absolute Gasteiger partial charge is 0.383 e. The fraction of sp³-hybridized carbons (Fsp3) is 0.400. The first-order valence-electron chi connectivity index (χ1n) is 5.05. The third-order valence-electron chi connectivity index (χ3n) is 2.05. The van der Waals surface area contributed by atoms with E-state index in [1.807, 2.05) is 0 Å². The lowest BCUT2D eigenvalue weighted by Crippen LogP contribution is -2.26. The van der Waals surface area contributed by atoms with Crippen LogP contribution in [0.15, 0.2) is 12.3 Å². The molecule has 0 aliphatic carbocycles. The minimum Gasteiger partial charge on any atom is -0.383 e. The second-order valence-electron chi connectivity index (χ2n) is 3.56. The Balaban J connectivity index is 2.48. The number of nitrogen functional groups attached to an aromatic ring is 1. The Kier molecular flexibility index (Phi) is 4.46. The summed E-state index contributed by atoms with van der Waals surface area (Å²) in [6, 6.07) is 0.876. The number of rotatable bonds is 4. The van der Waals surface area contributed by atoms with Crippen molar-refractivity contribution in [2.75, 3.05) is 12.3 Å². The highest BCUT2D eigenvalue weighted by molar-refractivity contribution is 5.98. The van der Waals surface area contributed by atoms with E-state index in [9.17, 15) is 22.4 Å². The van der Waals surface area contributed by atoms with E-state index in [1.54, 1.807) is 0 Å². The van der Waals surface area contributed by atoms with Gasteiger partial charge in [-0.25, -0.2) is 9.37 Å². The van der Waals surface area contributed by atoms with E-state index in [0.29, 0.717) is 0 Å². The van der Waals surface area contributed by atoms with Crippen LogP contribution in [0.1, 0.15) is 23.2 Å². The van der Waals surface area contributed by atoms with Crippen molar-refractivity contribution in [1.82, 2.24) is 10.3 Å². The van der Waals surface area contributed by atoms with Crippen LogP contribution in [0.5, 0.6) is 0 Å². The lowest BCUT2D eigenvalue weighted by molar-refractivity contribution is -0.135. The normalized spacial score (nSPS) is 11.3. The highest BCUT2D eigenvalue weighted by Gasteiger charge is 2.26. The summed E-state index contributed by atoms with van der Waals surface area (Å²) in [5.41, 5.74) is 5.15. The first kappa shape index (κ1) is 14.2. The monoisotopic (exact) mass is 265 g/mol. The molecule has 1 aromatic rings. The number of pyridine rings is 1. The van der Waals surface area contributed by atoms with Gasteiger partial charge in [0.1, 0.15) is 11.6 Å². The summed E-state index contributed by atoms with van der Waals surface area (Å²) in [4.78, 5) is 14.9. The van der Waals surface area contributed by atoms with Gasteiger partial charge < -0.3 is 11.1 Å². The molecular formula is C10H11F4N3O. The van der Waals surface area contributed by atoms with Gasteiger partial charge in [0, 0.05) is 13.0 Å². The van der Waals surface area contributed by atoms with Crippen molar-refractivity contribution >= 4 is 11.7 Å². The third-order valence-corrected chi connectivity index (χ3v) is 2.05. The predicted octanol–water partition coefficient (Wildman–Crippen LogP) is 1.88. The van der Waals surface area contributed by atoms with Gasteiger partial charge in [-0.05, 0) is 12.5 Å². The number of carbonyl (C=O) groups excluding carboxylic acids is 1. The maximum absolute atomic E-state index is 12.8. The summed E-state index contributed by atoms with van der Waals surface area (Å²) >= 11 is 0. The molecule has 18 heavy (non-hydrogen) atoms. The van der Waals surface area contributed by atoms with Crippen molar-refractivity contribution in [1.29, 1.82) is 0 Å². The quantitative estimate of drug-likeness (QED) is 0.645. The number of halogens is 4. The fourth-order valence-electron chi connectivity index (χ4n) is 1.22. The largest absolute Gasteiger partial charge is 0.389 e. The maximum atomic E-state index is 12.8. The molecule has 1 amide bonds. The Hall–Kier alpha value is -1.86. The third kappa shape index (κ3) is 4.56. The number of nitrogens with one attached hydrogen (secondary N) is 1. The Morgan fingerprint density at radius 3 is 2.72 bits per heavy atom. The first-order chi connectivity index (χ1) is 8.29. The minimum atomic E-state index is -4.26. The zero-order valence-corrected chi connectivity index (χ0v) is 9.22. The highest BCUT2D eigenvalue weighted by Crippen LogP contribution is 2.20. The second kappa shape index (κ2) is 5.65. The molecule has 1 heterocycles. The predicted molar refractivity (Wildman–Crippen MR) is 56.2 cm³/mol. The summed E-state index contributed by atoms with van der Waals surface area (Å²) < 4.78 is 48.3. The average Bonchev–Trinajstić information content (AvgIpc) is 2.26. The van der Waals surface area contributed by atoms with Gasteiger partial charge in [0.25, 0.3) is 5.91 Å². The van der Waals surface area contributed by atoms with Crippen molar-refractivity contribution in [3.05, 3.63) is 23.6 Å². The van der Waals surface area contributed by atoms with E-state index < -0.39 is 24.3 Å². The highest BCUT2D eigenvalue weighted by atomic mass is 19.4. The molecule has 0 spiro atoms. The summed E-state index contributed by atoms with van der Waals surface area (Å²) in [5, 5.41) is 2.21. The van der Waals surface area contributed by atoms with Crippen LogP contribution in [-0.4, -0.2) is 23.6 Å². The number of nitrogens with zero attached hydrogens (tertiary/aromatic N) is 1. The van der Waals surface area contributed by atoms with Crippen LogP contribution in [0.2, 0.25) is 0 Å². The van der Waals surface area contributed by atoms with Gasteiger partial charge in [-0.3, -0.25) is 4.79 Å². The average molecular weight is 265 g/mol. The molecule has 0 bridgehead atoms. The zero-order chi connectivity index (χ0) is 13.8. The van der Waals surface area contributed by atoms with Crippen molar-refractivity contribution in [3.8, 4) is 0 Å². The molecule has 100 valence electrons. The summed E-state index contributed by atoms with van der Waals surface area (Å²) in [7, 11) is 0. The number of carbonyl (C=O) groups is 1. The van der Waals surface area contributed by atoms with Gasteiger partial charge in [-0.2, -0.15) is 13.2 Å². The molecule has 0 aromatic carbocycles. The van der Waals surface area contributed by atoms with Crippen LogP contribution in [0.3, 0.4) is 0 Å². The lowest BCUT2D eigenvalue weighted by atomic mass is 10.2. The Labute approximate surface area is 100 Å². The molecule has 0 saturated heterocycles. The van der Waals surface area contributed by atoms with E-state index in [4.69, 9.17) is 5.73 Å². The zero-order valence-electron chi connectivity index (χ0n) is 9.22. The van der Waals surface area contributed by atoms with Crippen LogP contribution in [-0.2, 0) is 0 Å². The van der Waals surface area contributed by atoms with Crippen molar-refractivity contribution in [3.63, 3.8) is 0 Å². The number of anilines is 1. The van der Waals surface area contributed by atoms with E-state index in [0.717, 1.165) is 12.3 Å². The summed E-state index contributed by atoms with van der Waals surface area (Å²) in [5.74, 6) is -1.67. The van der Waals surface area contributed by atoms with E-state index in [2.05, 4.69) is 10.3 Å². The van der Waals surface area contributed by atoms with Gasteiger partial charge in [0.05, 0.1) is 11.8 Å². The first-order valence-corrected chi connectivity index (χ1v) is 5.05. The maximum Gasteiger partial charge on any atom is 0.389 e. The number of hydrogen-bond donors (Lipinski definition) is 2. The molecule has 4 nitrogen and oxygen atoms in total. The van der Waals surface area contributed by atoms with Gasteiger partial charge >= 0.3 is 6.18 Å². The number of nitrogens with two attached hydrogens (primary N) is 1. The molecule has 0 aliphatic rings. The number of alkyl halides is 3. The van der Waals surface area contributed by atoms with Crippen molar-refractivity contribution in [2.45, 2.75) is 19.0 Å². The lowest BCUT2D eigenvalue weighted by Gasteiger charge is -2.08. The Bertz CT molecular complexity index is 434. The minimum absolute atomic E-state index is 0.172. The van der Waals surface area contributed by atoms with Crippen molar-refractivity contribution < 1.29 is 22.4 Å². The number of aromatic nitrogens is 1. The van der Waals surface area contributed by atoms with Crippen LogP contribution >= 0.6 is 0 Å². The standard InChI is InChI=1S/C10H11F4N3O/c11-6-4-7(8(15)17-5-6)9(18)16-3-1-2-10(12,13)14/h4-5H,1-3H2,(H2,15,17)(H,16,18). The molecule has 0 unspecified atom stereocenters. The van der Waals surface area contributed by atoms with E-state index >= 15 is 0 Å². The van der Waals surface area contributed by atoms with Crippen LogP contribution in [0.25, 0.3) is 0 Å². The van der Waals surface area contributed by atoms with Gasteiger partial charge in [-0.1, -0.05) is 0 Å². The molecule has 0 radical (unpaired) electrons.